The molecule has 0 bridgehead atoms. The second-order valence-electron chi connectivity index (χ2n) is 5.17. The highest BCUT2D eigenvalue weighted by Gasteiger charge is 2.23. The van der Waals surface area contributed by atoms with Gasteiger partial charge in [-0.15, -0.1) is 0 Å². The van der Waals surface area contributed by atoms with Gasteiger partial charge in [-0.05, 0) is 55.3 Å². The van der Waals surface area contributed by atoms with E-state index in [1.165, 1.54) is 6.07 Å². The minimum absolute atomic E-state index is 0.0338. The smallest absolute Gasteiger partial charge is 0.123 e. The molecule has 1 N–H and O–H groups in total. The maximum Gasteiger partial charge on any atom is 0.123 e. The van der Waals surface area contributed by atoms with Gasteiger partial charge in [0.05, 0.1) is 12.1 Å². The highest BCUT2D eigenvalue weighted by Crippen LogP contribution is 2.30. The summed E-state index contributed by atoms with van der Waals surface area (Å²) >= 11 is 0. The molecule has 2 aromatic rings. The lowest BCUT2D eigenvalue weighted by Crippen LogP contribution is -2.17. The van der Waals surface area contributed by atoms with E-state index in [0.29, 0.717) is 6.10 Å². The van der Waals surface area contributed by atoms with Crippen molar-refractivity contribution in [3.63, 3.8) is 0 Å². The number of ether oxygens (including phenoxy) is 1. The Hall–Kier alpha value is -1.87. The molecule has 0 heterocycles. The van der Waals surface area contributed by atoms with Gasteiger partial charge in [-0.25, -0.2) is 4.39 Å². The maximum atomic E-state index is 13.4. The highest BCUT2D eigenvalue weighted by molar-refractivity contribution is 5.37. The summed E-state index contributed by atoms with van der Waals surface area (Å²) in [6.07, 6.45) is 2.67. The molecule has 20 heavy (non-hydrogen) atoms. The molecule has 2 nitrogen and oxygen atoms in total. The van der Waals surface area contributed by atoms with Crippen molar-refractivity contribution in [3.05, 3.63) is 65.5 Å². The first-order valence-electron chi connectivity index (χ1n) is 6.95. The van der Waals surface area contributed by atoms with Crippen molar-refractivity contribution >= 4 is 0 Å². The van der Waals surface area contributed by atoms with E-state index in [1.54, 1.807) is 12.1 Å². The van der Waals surface area contributed by atoms with Gasteiger partial charge in [0.15, 0.2) is 0 Å². The lowest BCUT2D eigenvalue weighted by Gasteiger charge is -2.18. The summed E-state index contributed by atoms with van der Waals surface area (Å²) in [6.45, 7) is 0. The lowest BCUT2D eigenvalue weighted by molar-refractivity contribution is 0.302. The number of benzene rings is 2. The average molecular weight is 271 g/mol. The zero-order valence-electron chi connectivity index (χ0n) is 11.5. The van der Waals surface area contributed by atoms with Crippen LogP contribution in [0.5, 0.6) is 5.75 Å². The van der Waals surface area contributed by atoms with Gasteiger partial charge in [0.1, 0.15) is 11.6 Å². The molecule has 0 spiro atoms. The van der Waals surface area contributed by atoms with Crippen LogP contribution in [-0.2, 0) is 0 Å². The largest absolute Gasteiger partial charge is 0.490 e. The Balaban J connectivity index is 1.88. The predicted molar refractivity (Wildman–Crippen MR) is 77.4 cm³/mol. The highest BCUT2D eigenvalue weighted by atomic mass is 19.1. The Morgan fingerprint density at radius 2 is 1.80 bits per heavy atom. The second kappa shape index (κ2) is 5.63. The van der Waals surface area contributed by atoms with Gasteiger partial charge in [-0.1, -0.05) is 24.3 Å². The van der Waals surface area contributed by atoms with Gasteiger partial charge in [0.2, 0.25) is 0 Å². The summed E-state index contributed by atoms with van der Waals surface area (Å²) in [5.41, 5.74) is 1.99. The summed E-state index contributed by atoms with van der Waals surface area (Å²) < 4.78 is 19.2. The van der Waals surface area contributed by atoms with Gasteiger partial charge in [-0.2, -0.15) is 0 Å². The zero-order valence-corrected chi connectivity index (χ0v) is 11.5. The van der Waals surface area contributed by atoms with Crippen molar-refractivity contribution < 1.29 is 9.13 Å². The van der Waals surface area contributed by atoms with Gasteiger partial charge < -0.3 is 10.1 Å². The van der Waals surface area contributed by atoms with E-state index in [9.17, 15) is 4.39 Å². The topological polar surface area (TPSA) is 21.3 Å². The Morgan fingerprint density at radius 1 is 1.10 bits per heavy atom. The molecule has 3 rings (SSSR count). The molecule has 0 amide bonds. The van der Waals surface area contributed by atoms with Gasteiger partial charge in [0.25, 0.3) is 0 Å². The van der Waals surface area contributed by atoms with Crippen LogP contribution in [0.2, 0.25) is 0 Å². The fraction of sp³-hybridized carbons (Fsp3) is 0.294. The monoisotopic (exact) mass is 271 g/mol. The van der Waals surface area contributed by atoms with Crippen LogP contribution in [-0.4, -0.2) is 13.2 Å². The lowest BCUT2D eigenvalue weighted by atomic mass is 9.98. The molecular formula is C17H18FNO. The van der Waals surface area contributed by atoms with Crippen molar-refractivity contribution in [1.29, 1.82) is 0 Å². The van der Waals surface area contributed by atoms with Crippen LogP contribution >= 0.6 is 0 Å². The molecule has 1 aliphatic carbocycles. The molecule has 0 aromatic heterocycles. The van der Waals surface area contributed by atoms with E-state index in [2.05, 4.69) is 5.32 Å². The third-order valence-electron chi connectivity index (χ3n) is 3.49. The Morgan fingerprint density at radius 3 is 2.45 bits per heavy atom. The maximum absolute atomic E-state index is 13.4. The standard InChI is InChI=1S/C17H18FNO/c1-19-17(12-4-2-6-14(18)10-12)13-5-3-7-16(11-13)20-15-8-9-15/h2-7,10-11,15,17,19H,8-9H2,1H3. The minimum Gasteiger partial charge on any atom is -0.490 e. The Labute approximate surface area is 118 Å². The van der Waals surface area contributed by atoms with E-state index in [-0.39, 0.29) is 11.9 Å². The third kappa shape index (κ3) is 2.99. The van der Waals surface area contributed by atoms with E-state index < -0.39 is 0 Å². The van der Waals surface area contributed by atoms with E-state index in [1.807, 2.05) is 37.4 Å². The fourth-order valence-corrected chi connectivity index (χ4v) is 2.36. The Bertz CT molecular complexity index is 595. The van der Waals surface area contributed by atoms with E-state index >= 15 is 0 Å². The second-order valence-corrected chi connectivity index (χ2v) is 5.17. The summed E-state index contributed by atoms with van der Waals surface area (Å²) in [5, 5.41) is 3.24. The molecule has 0 radical (unpaired) electrons. The van der Waals surface area contributed by atoms with Crippen molar-refractivity contribution in [3.8, 4) is 5.75 Å². The van der Waals surface area contributed by atoms with Gasteiger partial charge in [-0.3, -0.25) is 0 Å². The first-order valence-corrected chi connectivity index (χ1v) is 6.95. The van der Waals surface area contributed by atoms with Crippen molar-refractivity contribution in [1.82, 2.24) is 5.32 Å². The molecule has 1 saturated carbocycles. The van der Waals surface area contributed by atoms with Crippen LogP contribution in [0.1, 0.15) is 30.0 Å². The molecule has 1 atom stereocenters. The van der Waals surface area contributed by atoms with Crippen LogP contribution in [0.3, 0.4) is 0 Å². The zero-order chi connectivity index (χ0) is 13.9. The SMILES string of the molecule is CNC(c1cccc(F)c1)c1cccc(OC2CC2)c1. The third-order valence-corrected chi connectivity index (χ3v) is 3.49. The first kappa shape index (κ1) is 13.1. The molecule has 1 unspecified atom stereocenters. The van der Waals surface area contributed by atoms with Crippen LogP contribution in [0, 0.1) is 5.82 Å². The molecule has 1 fully saturated rings. The quantitative estimate of drug-likeness (QED) is 0.895. The van der Waals surface area contributed by atoms with E-state index in [0.717, 1.165) is 29.7 Å². The van der Waals surface area contributed by atoms with Crippen molar-refractivity contribution in [2.24, 2.45) is 0 Å². The van der Waals surface area contributed by atoms with Crippen LogP contribution < -0.4 is 10.1 Å². The van der Waals surface area contributed by atoms with Gasteiger partial charge in [0, 0.05) is 0 Å². The predicted octanol–water partition coefficient (Wildman–Crippen LogP) is 3.68. The minimum atomic E-state index is -0.215. The molecule has 0 aliphatic heterocycles. The van der Waals surface area contributed by atoms with Crippen LogP contribution in [0.25, 0.3) is 0 Å². The molecule has 2 aromatic carbocycles. The molecule has 104 valence electrons. The molecular weight excluding hydrogens is 253 g/mol. The summed E-state index contributed by atoms with van der Waals surface area (Å²) in [6, 6.07) is 14.7. The normalized spacial score (nSPS) is 15.9. The number of rotatable bonds is 5. The van der Waals surface area contributed by atoms with Crippen molar-refractivity contribution in [2.75, 3.05) is 7.05 Å². The van der Waals surface area contributed by atoms with Gasteiger partial charge >= 0.3 is 0 Å². The number of hydrogen-bond acceptors (Lipinski definition) is 2. The molecule has 0 saturated heterocycles. The van der Waals surface area contributed by atoms with Crippen LogP contribution in [0.15, 0.2) is 48.5 Å². The Kier molecular flexibility index (Phi) is 3.70. The first-order chi connectivity index (χ1) is 9.76. The number of hydrogen-bond donors (Lipinski definition) is 1. The number of nitrogens with one attached hydrogen (secondary N) is 1. The van der Waals surface area contributed by atoms with E-state index in [4.69, 9.17) is 4.74 Å². The summed E-state index contributed by atoms with van der Waals surface area (Å²) in [5.74, 6) is 0.676. The fourth-order valence-electron chi connectivity index (χ4n) is 2.36. The van der Waals surface area contributed by atoms with Crippen LogP contribution in [0.4, 0.5) is 4.39 Å². The summed E-state index contributed by atoms with van der Waals surface area (Å²) in [7, 11) is 1.88. The molecule has 3 heteroatoms. The molecule has 1 aliphatic rings. The average Bonchev–Trinajstić information content (AvgIpc) is 3.24. The number of halogens is 1. The summed E-state index contributed by atoms with van der Waals surface area (Å²) in [4.78, 5) is 0. The van der Waals surface area contributed by atoms with Crippen molar-refractivity contribution in [2.45, 2.75) is 25.0 Å².